The fourth-order valence-electron chi connectivity index (χ4n) is 2.44. The summed E-state index contributed by atoms with van der Waals surface area (Å²) in [7, 11) is 0. The number of imide groups is 1. The predicted molar refractivity (Wildman–Crippen MR) is 86.4 cm³/mol. The molecular weight excluding hydrogens is 353 g/mol. The van der Waals surface area contributed by atoms with E-state index in [2.05, 4.69) is 5.32 Å². The van der Waals surface area contributed by atoms with E-state index in [9.17, 15) is 27.6 Å². The molecule has 0 aliphatic carbocycles. The molecule has 0 bridgehead atoms. The highest BCUT2D eigenvalue weighted by Crippen LogP contribution is 2.35. The van der Waals surface area contributed by atoms with Crippen molar-refractivity contribution >= 4 is 23.4 Å². The summed E-state index contributed by atoms with van der Waals surface area (Å²) >= 11 is 0. The largest absolute Gasteiger partial charge is 0.491 e. The predicted octanol–water partition coefficient (Wildman–Crippen LogP) is 2.97. The Bertz CT molecular complexity index is 688. The van der Waals surface area contributed by atoms with Crippen molar-refractivity contribution in [3.05, 3.63) is 23.8 Å². The lowest BCUT2D eigenvalue weighted by atomic mass is 10.1. The van der Waals surface area contributed by atoms with Crippen molar-refractivity contribution in [1.82, 2.24) is 4.90 Å². The Morgan fingerprint density at radius 3 is 2.46 bits per heavy atom. The lowest BCUT2D eigenvalue weighted by Gasteiger charge is -2.16. The Hall–Kier alpha value is -2.58. The molecule has 1 saturated heterocycles. The Kier molecular flexibility index (Phi) is 6.23. The molecule has 26 heavy (non-hydrogen) atoms. The maximum Gasteiger partial charge on any atom is 0.416 e. The summed E-state index contributed by atoms with van der Waals surface area (Å²) in [6.07, 6.45) is -3.89. The van der Waals surface area contributed by atoms with Gasteiger partial charge in [0, 0.05) is 25.8 Å². The molecule has 0 radical (unpaired) electrons. The molecule has 9 heteroatoms. The third-order valence-electron chi connectivity index (χ3n) is 3.76. The van der Waals surface area contributed by atoms with Crippen LogP contribution >= 0.6 is 0 Å². The molecule has 3 amide bonds. The van der Waals surface area contributed by atoms with Crippen LogP contribution in [-0.4, -0.2) is 35.8 Å². The van der Waals surface area contributed by atoms with Crippen molar-refractivity contribution in [3.8, 4) is 5.75 Å². The summed E-state index contributed by atoms with van der Waals surface area (Å²) in [6, 6.07) is 2.83. The normalized spacial score (nSPS) is 14.7. The van der Waals surface area contributed by atoms with E-state index in [1.165, 1.54) is 0 Å². The van der Waals surface area contributed by atoms with Crippen LogP contribution in [0.15, 0.2) is 18.2 Å². The Balaban J connectivity index is 2.08. The minimum atomic E-state index is -4.56. The molecular formula is C17H19F3N2O4. The van der Waals surface area contributed by atoms with E-state index in [-0.39, 0.29) is 55.7 Å². The van der Waals surface area contributed by atoms with E-state index in [4.69, 9.17) is 4.74 Å². The van der Waals surface area contributed by atoms with Crippen LogP contribution in [0.4, 0.5) is 18.9 Å². The zero-order valence-electron chi connectivity index (χ0n) is 14.2. The van der Waals surface area contributed by atoms with Gasteiger partial charge in [-0.1, -0.05) is 6.92 Å². The average Bonchev–Trinajstić information content (AvgIpc) is 2.89. The highest BCUT2D eigenvalue weighted by atomic mass is 19.4. The van der Waals surface area contributed by atoms with Gasteiger partial charge in [0.2, 0.25) is 17.7 Å². The van der Waals surface area contributed by atoms with Gasteiger partial charge in [0.1, 0.15) is 5.75 Å². The second-order valence-corrected chi connectivity index (χ2v) is 5.79. The maximum atomic E-state index is 12.9. The quantitative estimate of drug-likeness (QED) is 0.747. The third kappa shape index (κ3) is 4.96. The van der Waals surface area contributed by atoms with Crippen LogP contribution in [-0.2, 0) is 20.6 Å². The van der Waals surface area contributed by atoms with Crippen molar-refractivity contribution in [3.63, 3.8) is 0 Å². The molecule has 1 aromatic rings. The molecule has 142 valence electrons. The van der Waals surface area contributed by atoms with Crippen LogP contribution in [0.5, 0.6) is 5.75 Å². The van der Waals surface area contributed by atoms with Gasteiger partial charge in [-0.15, -0.1) is 0 Å². The Morgan fingerprint density at radius 2 is 1.88 bits per heavy atom. The van der Waals surface area contributed by atoms with Gasteiger partial charge in [-0.3, -0.25) is 19.3 Å². The maximum absolute atomic E-state index is 12.9. The smallest absolute Gasteiger partial charge is 0.416 e. The summed E-state index contributed by atoms with van der Waals surface area (Å²) < 4.78 is 44.0. The third-order valence-corrected chi connectivity index (χ3v) is 3.76. The number of nitrogens with one attached hydrogen (secondary N) is 1. The lowest BCUT2D eigenvalue weighted by Crippen LogP contribution is -2.32. The molecule has 0 unspecified atom stereocenters. The number of hydrogen-bond acceptors (Lipinski definition) is 4. The monoisotopic (exact) mass is 372 g/mol. The second-order valence-electron chi connectivity index (χ2n) is 5.79. The van der Waals surface area contributed by atoms with Crippen LogP contribution in [0.3, 0.4) is 0 Å². The zero-order chi connectivity index (χ0) is 19.3. The number of benzene rings is 1. The zero-order valence-corrected chi connectivity index (χ0v) is 14.2. The van der Waals surface area contributed by atoms with Crippen molar-refractivity contribution in [2.24, 2.45) is 0 Å². The van der Waals surface area contributed by atoms with Crippen LogP contribution in [0, 0.1) is 0 Å². The SMILES string of the molecule is CCCOc1ccc(C(F)(F)F)cc1NC(=O)CCN1C(=O)CCC1=O. The van der Waals surface area contributed by atoms with Crippen LogP contribution in [0.2, 0.25) is 0 Å². The van der Waals surface area contributed by atoms with E-state index in [0.29, 0.717) is 6.42 Å². The molecule has 0 spiro atoms. The highest BCUT2D eigenvalue weighted by molar-refractivity contribution is 6.02. The second kappa shape index (κ2) is 8.20. The van der Waals surface area contributed by atoms with E-state index in [0.717, 1.165) is 23.1 Å². The standard InChI is InChI=1S/C17H19F3N2O4/c1-2-9-26-13-4-3-11(17(18,19)20)10-12(13)21-14(23)7-8-22-15(24)5-6-16(22)25/h3-4,10H,2,5-9H2,1H3,(H,21,23). The van der Waals surface area contributed by atoms with E-state index >= 15 is 0 Å². The van der Waals surface area contributed by atoms with E-state index in [1.54, 1.807) is 0 Å². The minimum absolute atomic E-state index is 0.0997. The van der Waals surface area contributed by atoms with Gasteiger partial charge < -0.3 is 10.1 Å². The molecule has 2 rings (SSSR count). The number of anilines is 1. The lowest BCUT2D eigenvalue weighted by molar-refractivity contribution is -0.139. The number of rotatable bonds is 7. The van der Waals surface area contributed by atoms with Crippen molar-refractivity contribution in [2.45, 2.75) is 38.8 Å². The summed E-state index contributed by atoms with van der Waals surface area (Å²) in [6.45, 7) is 2.02. The van der Waals surface area contributed by atoms with Crippen molar-refractivity contribution in [2.75, 3.05) is 18.5 Å². The van der Waals surface area contributed by atoms with Gasteiger partial charge in [-0.25, -0.2) is 0 Å². The molecule has 1 aliphatic heterocycles. The molecule has 0 saturated carbocycles. The van der Waals surface area contributed by atoms with Gasteiger partial charge in [-0.2, -0.15) is 13.2 Å². The van der Waals surface area contributed by atoms with Crippen LogP contribution < -0.4 is 10.1 Å². The first-order chi connectivity index (χ1) is 12.2. The number of ether oxygens (including phenoxy) is 1. The van der Waals surface area contributed by atoms with Crippen molar-refractivity contribution < 1.29 is 32.3 Å². The molecule has 1 N–H and O–H groups in total. The highest BCUT2D eigenvalue weighted by Gasteiger charge is 2.32. The number of carbonyl (C=O) groups is 3. The molecule has 0 aromatic heterocycles. The molecule has 1 aromatic carbocycles. The molecule has 1 heterocycles. The minimum Gasteiger partial charge on any atom is -0.491 e. The Labute approximate surface area is 148 Å². The number of alkyl halides is 3. The number of halogens is 3. The number of carbonyl (C=O) groups excluding carboxylic acids is 3. The molecule has 0 atom stereocenters. The first-order valence-electron chi connectivity index (χ1n) is 8.19. The molecule has 6 nitrogen and oxygen atoms in total. The average molecular weight is 372 g/mol. The van der Waals surface area contributed by atoms with E-state index in [1.807, 2.05) is 6.92 Å². The van der Waals surface area contributed by atoms with Crippen LogP contribution in [0.25, 0.3) is 0 Å². The number of hydrogen-bond donors (Lipinski definition) is 1. The summed E-state index contributed by atoms with van der Waals surface area (Å²) in [5.74, 6) is -1.19. The van der Waals surface area contributed by atoms with Gasteiger partial charge in [-0.05, 0) is 24.6 Å². The van der Waals surface area contributed by atoms with Gasteiger partial charge in [0.05, 0.1) is 17.9 Å². The molecule has 1 fully saturated rings. The summed E-state index contributed by atoms with van der Waals surface area (Å²) in [5, 5.41) is 2.37. The first kappa shape index (κ1) is 19.7. The fraction of sp³-hybridized carbons (Fsp3) is 0.471. The van der Waals surface area contributed by atoms with Gasteiger partial charge >= 0.3 is 6.18 Å². The van der Waals surface area contributed by atoms with E-state index < -0.39 is 17.6 Å². The summed E-state index contributed by atoms with van der Waals surface area (Å²) in [4.78, 5) is 36.1. The topological polar surface area (TPSA) is 75.7 Å². The first-order valence-corrected chi connectivity index (χ1v) is 8.19. The number of amides is 3. The van der Waals surface area contributed by atoms with Gasteiger partial charge in [0.25, 0.3) is 0 Å². The fourth-order valence-corrected chi connectivity index (χ4v) is 2.44. The Morgan fingerprint density at radius 1 is 1.23 bits per heavy atom. The number of nitrogens with zero attached hydrogens (tertiary/aromatic N) is 1. The summed E-state index contributed by atoms with van der Waals surface area (Å²) in [5.41, 5.74) is -1.01. The number of likely N-dealkylation sites (tertiary alicyclic amines) is 1. The van der Waals surface area contributed by atoms with Crippen molar-refractivity contribution in [1.29, 1.82) is 0 Å². The molecule has 1 aliphatic rings. The van der Waals surface area contributed by atoms with Gasteiger partial charge in [0.15, 0.2) is 0 Å². The van der Waals surface area contributed by atoms with Crippen LogP contribution in [0.1, 0.15) is 38.2 Å².